The molecule has 0 atom stereocenters. The monoisotopic (exact) mass is 395 g/mol. The summed E-state index contributed by atoms with van der Waals surface area (Å²) >= 11 is 1.64. The molecule has 7 nitrogen and oxygen atoms in total. The van der Waals surface area contributed by atoms with Crippen LogP contribution in [-0.2, 0) is 24.4 Å². The van der Waals surface area contributed by atoms with Crippen LogP contribution in [0.5, 0.6) is 0 Å². The number of carbonyl (C=O) groups excluding carboxylic acids is 1. The number of carbonyl (C=O) groups is 1. The number of amides is 1. The van der Waals surface area contributed by atoms with Crippen molar-refractivity contribution in [1.82, 2.24) is 18.9 Å². The Morgan fingerprint density at radius 3 is 2.61 bits per heavy atom. The summed E-state index contributed by atoms with van der Waals surface area (Å²) in [6.07, 6.45) is 2.50. The smallest absolute Gasteiger partial charge is 0.309 e. The van der Waals surface area contributed by atoms with Crippen LogP contribution < -0.4 is 11.0 Å². The lowest BCUT2D eigenvalue weighted by Crippen LogP contribution is -2.30. The molecule has 0 fully saturated rings. The summed E-state index contributed by atoms with van der Waals surface area (Å²) in [5, 5.41) is 9.17. The summed E-state index contributed by atoms with van der Waals surface area (Å²) in [6.45, 7) is 3.21. The van der Waals surface area contributed by atoms with Gasteiger partial charge in [0.1, 0.15) is 12.4 Å². The van der Waals surface area contributed by atoms with Crippen molar-refractivity contribution in [1.29, 1.82) is 0 Å². The minimum absolute atomic E-state index is 0.0414. The van der Waals surface area contributed by atoms with Crippen molar-refractivity contribution >= 4 is 34.1 Å². The number of aromatic nitrogens is 4. The topological polar surface area (TPSA) is 73.8 Å². The molecule has 0 aliphatic heterocycles. The van der Waals surface area contributed by atoms with Gasteiger partial charge in [-0.15, -0.1) is 11.3 Å². The molecule has 0 aliphatic rings. The first-order valence-electron chi connectivity index (χ1n) is 9.19. The van der Waals surface area contributed by atoms with E-state index in [0.29, 0.717) is 18.9 Å². The molecule has 0 saturated heterocycles. The van der Waals surface area contributed by atoms with Gasteiger partial charge < -0.3 is 5.32 Å². The fraction of sp³-hybridized carbons (Fsp3) is 0.250. The van der Waals surface area contributed by atoms with Crippen molar-refractivity contribution in [2.45, 2.75) is 33.0 Å². The van der Waals surface area contributed by atoms with E-state index in [-0.39, 0.29) is 18.1 Å². The molecule has 0 saturated carbocycles. The second kappa shape index (κ2) is 7.85. The number of rotatable bonds is 7. The van der Waals surface area contributed by atoms with E-state index in [1.54, 1.807) is 32.8 Å². The standard InChI is InChI=1S/C20H21N5O2S/c1-2-11-23-16-7-3-4-8-17(16)24(20(23)27)14-19(26)22-18-9-10-21-25(18)13-15-6-5-12-28-15/h3-10,12H,2,11,13-14H2,1H3,(H,22,26). The predicted molar refractivity (Wildman–Crippen MR) is 111 cm³/mol. The van der Waals surface area contributed by atoms with Crippen LogP contribution in [-0.4, -0.2) is 24.8 Å². The summed E-state index contributed by atoms with van der Waals surface area (Å²) in [5.74, 6) is 0.359. The molecular formula is C20H21N5O2S. The lowest BCUT2D eigenvalue weighted by Gasteiger charge is -2.09. The zero-order chi connectivity index (χ0) is 19.5. The van der Waals surface area contributed by atoms with E-state index in [0.717, 1.165) is 22.3 Å². The number of hydrogen-bond donors (Lipinski definition) is 1. The summed E-state index contributed by atoms with van der Waals surface area (Å²) in [5.41, 5.74) is 1.46. The fourth-order valence-electron chi connectivity index (χ4n) is 3.31. The molecule has 1 amide bonds. The Bertz CT molecular complexity index is 1150. The molecule has 1 N–H and O–H groups in total. The number of fused-ring (bicyclic) bond motifs is 1. The number of nitrogens with zero attached hydrogens (tertiary/aromatic N) is 4. The molecule has 28 heavy (non-hydrogen) atoms. The van der Waals surface area contributed by atoms with Crippen LogP contribution in [0.15, 0.2) is 58.8 Å². The highest BCUT2D eigenvalue weighted by atomic mass is 32.1. The van der Waals surface area contributed by atoms with Crippen molar-refractivity contribution in [3.05, 3.63) is 69.4 Å². The van der Waals surface area contributed by atoms with Crippen LogP contribution in [0.25, 0.3) is 11.0 Å². The Kier molecular flexibility index (Phi) is 5.12. The van der Waals surface area contributed by atoms with Gasteiger partial charge in [-0.3, -0.25) is 13.9 Å². The quantitative estimate of drug-likeness (QED) is 0.522. The molecule has 4 rings (SSSR count). The molecule has 8 heteroatoms. The predicted octanol–water partition coefficient (Wildman–Crippen LogP) is 3.16. The van der Waals surface area contributed by atoms with Crippen LogP contribution in [0.2, 0.25) is 0 Å². The Morgan fingerprint density at radius 2 is 1.89 bits per heavy atom. The zero-order valence-corrected chi connectivity index (χ0v) is 16.4. The third kappa shape index (κ3) is 3.50. The third-order valence-electron chi connectivity index (χ3n) is 4.54. The Hall–Kier alpha value is -3.13. The number of benzene rings is 1. The van der Waals surface area contributed by atoms with Gasteiger partial charge >= 0.3 is 5.69 Å². The van der Waals surface area contributed by atoms with E-state index in [2.05, 4.69) is 10.4 Å². The number of imidazole rings is 1. The van der Waals surface area contributed by atoms with Crippen molar-refractivity contribution in [3.63, 3.8) is 0 Å². The fourth-order valence-corrected chi connectivity index (χ4v) is 3.99. The Morgan fingerprint density at radius 1 is 1.11 bits per heavy atom. The van der Waals surface area contributed by atoms with Gasteiger partial charge in [-0.2, -0.15) is 5.10 Å². The Labute approximate surface area is 165 Å². The van der Waals surface area contributed by atoms with E-state index in [4.69, 9.17) is 0 Å². The molecule has 4 aromatic rings. The molecule has 3 heterocycles. The Balaban J connectivity index is 1.56. The van der Waals surface area contributed by atoms with Crippen molar-refractivity contribution < 1.29 is 4.79 Å². The van der Waals surface area contributed by atoms with Gasteiger partial charge in [0.05, 0.1) is 23.8 Å². The summed E-state index contributed by atoms with van der Waals surface area (Å²) < 4.78 is 5.00. The van der Waals surface area contributed by atoms with Gasteiger partial charge in [0.15, 0.2) is 0 Å². The summed E-state index contributed by atoms with van der Waals surface area (Å²) in [6, 6.07) is 13.3. The SMILES string of the molecule is CCCn1c(=O)n(CC(=O)Nc2ccnn2Cc2cccs2)c2ccccc21. The van der Waals surface area contributed by atoms with Crippen LogP contribution >= 0.6 is 11.3 Å². The number of nitrogens with one attached hydrogen (secondary N) is 1. The van der Waals surface area contributed by atoms with Gasteiger partial charge in [0, 0.05) is 17.5 Å². The minimum atomic E-state index is -0.255. The van der Waals surface area contributed by atoms with Gasteiger partial charge in [0.25, 0.3) is 0 Å². The molecule has 1 aromatic carbocycles. The molecule has 0 spiro atoms. The molecule has 0 unspecified atom stereocenters. The minimum Gasteiger partial charge on any atom is -0.309 e. The van der Waals surface area contributed by atoms with Gasteiger partial charge in [0.2, 0.25) is 5.91 Å². The van der Waals surface area contributed by atoms with Crippen molar-refractivity contribution in [2.75, 3.05) is 5.32 Å². The normalized spacial score (nSPS) is 11.2. The van der Waals surface area contributed by atoms with E-state index in [1.165, 1.54) is 4.57 Å². The number of para-hydroxylation sites is 2. The van der Waals surface area contributed by atoms with Gasteiger partial charge in [-0.25, -0.2) is 9.48 Å². The molecule has 0 aliphatic carbocycles. The molecule has 144 valence electrons. The molecule has 0 radical (unpaired) electrons. The highest BCUT2D eigenvalue weighted by molar-refractivity contribution is 7.09. The van der Waals surface area contributed by atoms with Crippen LogP contribution in [0.4, 0.5) is 5.82 Å². The second-order valence-corrected chi connectivity index (χ2v) is 7.54. The average Bonchev–Trinajstić information content (AvgIpc) is 3.41. The molecule has 0 bridgehead atoms. The second-order valence-electron chi connectivity index (χ2n) is 6.51. The number of hydrogen-bond acceptors (Lipinski definition) is 4. The number of anilines is 1. The highest BCUT2D eigenvalue weighted by Crippen LogP contribution is 2.16. The summed E-state index contributed by atoms with van der Waals surface area (Å²) in [7, 11) is 0. The molecule has 3 aromatic heterocycles. The zero-order valence-electron chi connectivity index (χ0n) is 15.5. The van der Waals surface area contributed by atoms with Gasteiger partial charge in [-0.05, 0) is 30.0 Å². The van der Waals surface area contributed by atoms with Crippen LogP contribution in [0.1, 0.15) is 18.2 Å². The number of aryl methyl sites for hydroxylation is 1. The van der Waals surface area contributed by atoms with E-state index in [9.17, 15) is 9.59 Å². The van der Waals surface area contributed by atoms with Crippen molar-refractivity contribution in [3.8, 4) is 0 Å². The highest BCUT2D eigenvalue weighted by Gasteiger charge is 2.16. The van der Waals surface area contributed by atoms with E-state index >= 15 is 0 Å². The first-order chi connectivity index (χ1) is 13.7. The maximum absolute atomic E-state index is 12.8. The van der Waals surface area contributed by atoms with Gasteiger partial charge in [-0.1, -0.05) is 25.1 Å². The van der Waals surface area contributed by atoms with Crippen LogP contribution in [0, 0.1) is 0 Å². The lowest BCUT2D eigenvalue weighted by molar-refractivity contribution is -0.116. The molecular weight excluding hydrogens is 374 g/mol. The maximum Gasteiger partial charge on any atom is 0.329 e. The van der Waals surface area contributed by atoms with E-state index < -0.39 is 0 Å². The number of thiophene rings is 1. The van der Waals surface area contributed by atoms with Crippen LogP contribution in [0.3, 0.4) is 0 Å². The maximum atomic E-state index is 12.8. The lowest BCUT2D eigenvalue weighted by atomic mass is 10.3. The first kappa shape index (κ1) is 18.2. The van der Waals surface area contributed by atoms with Crippen molar-refractivity contribution in [2.24, 2.45) is 0 Å². The largest absolute Gasteiger partial charge is 0.329 e. The summed E-state index contributed by atoms with van der Waals surface area (Å²) in [4.78, 5) is 26.7. The van der Waals surface area contributed by atoms with E-state index in [1.807, 2.05) is 48.7 Å². The first-order valence-corrected chi connectivity index (χ1v) is 10.1. The average molecular weight is 395 g/mol. The third-order valence-corrected chi connectivity index (χ3v) is 5.40.